The van der Waals surface area contributed by atoms with Gasteiger partial charge in [0.05, 0.1) is 0 Å². The summed E-state index contributed by atoms with van der Waals surface area (Å²) in [5.41, 5.74) is 10.4. The number of aliphatic hydroxyl groups is 1. The van der Waals surface area contributed by atoms with E-state index >= 15 is 0 Å². The van der Waals surface area contributed by atoms with Crippen molar-refractivity contribution in [2.75, 3.05) is 26.1 Å². The van der Waals surface area contributed by atoms with Gasteiger partial charge in [-0.1, -0.05) is 48.0 Å². The van der Waals surface area contributed by atoms with Crippen molar-refractivity contribution < 1.29 is 14.6 Å². The average Bonchev–Trinajstić information content (AvgIpc) is 2.85. The Morgan fingerprint density at radius 3 is 2.53 bits per heavy atom. The molecule has 32 heavy (non-hydrogen) atoms. The van der Waals surface area contributed by atoms with Crippen LogP contribution in [-0.4, -0.2) is 36.3 Å². The number of carbonyl (C=O) groups excluding carboxylic acids is 1. The third-order valence-corrected chi connectivity index (χ3v) is 5.76. The van der Waals surface area contributed by atoms with Crippen LogP contribution in [0.3, 0.4) is 0 Å². The van der Waals surface area contributed by atoms with Crippen molar-refractivity contribution in [1.82, 2.24) is 10.3 Å². The Bertz CT molecular complexity index is 1040. The molecule has 1 aliphatic heterocycles. The lowest BCUT2D eigenvalue weighted by Gasteiger charge is -2.23. The summed E-state index contributed by atoms with van der Waals surface area (Å²) in [5.74, 6) is 0.663. The molecular weight excluding hydrogens is 426 g/mol. The fourth-order valence-electron chi connectivity index (χ4n) is 3.72. The Morgan fingerprint density at radius 2 is 1.84 bits per heavy atom. The zero-order valence-electron chi connectivity index (χ0n) is 18.1. The summed E-state index contributed by atoms with van der Waals surface area (Å²) in [6.07, 6.45) is 3.78. The molecular formula is C25H28ClN3O3. The molecule has 7 heteroatoms. The highest BCUT2D eigenvalue weighted by atomic mass is 35.5. The molecule has 4 N–H and O–H groups in total. The third-order valence-electron chi connectivity index (χ3n) is 5.45. The van der Waals surface area contributed by atoms with Crippen molar-refractivity contribution in [2.45, 2.75) is 25.3 Å². The summed E-state index contributed by atoms with van der Waals surface area (Å²) in [6, 6.07) is 17.1. The van der Waals surface area contributed by atoms with Gasteiger partial charge in [-0.15, -0.1) is 0 Å². The summed E-state index contributed by atoms with van der Waals surface area (Å²) in [6.45, 7) is 1.99. The molecule has 0 atom stereocenters. The Morgan fingerprint density at radius 1 is 1.12 bits per heavy atom. The summed E-state index contributed by atoms with van der Waals surface area (Å²) in [7, 11) is 1.00. The number of nitrogens with two attached hydrogens (primary N) is 1. The van der Waals surface area contributed by atoms with E-state index in [-0.39, 0.29) is 5.91 Å². The molecule has 1 aromatic heterocycles. The molecule has 2 aromatic carbocycles. The average molecular weight is 454 g/mol. The Balaban J connectivity index is 0.00000141. The van der Waals surface area contributed by atoms with E-state index in [1.165, 1.54) is 0 Å². The molecule has 0 saturated carbocycles. The number of halogens is 1. The van der Waals surface area contributed by atoms with Crippen LogP contribution in [0.4, 0.5) is 5.82 Å². The molecule has 2 heterocycles. The lowest BCUT2D eigenvalue weighted by molar-refractivity contribution is 0.0853. The van der Waals surface area contributed by atoms with Crippen LogP contribution in [0.1, 0.15) is 40.2 Å². The van der Waals surface area contributed by atoms with Crippen LogP contribution >= 0.6 is 11.6 Å². The maximum Gasteiger partial charge on any atom is 0.251 e. The quantitative estimate of drug-likeness (QED) is 0.531. The van der Waals surface area contributed by atoms with Crippen LogP contribution in [0.2, 0.25) is 5.02 Å². The molecule has 3 aromatic rings. The minimum absolute atomic E-state index is 0.172. The molecule has 0 bridgehead atoms. The van der Waals surface area contributed by atoms with Crippen LogP contribution in [0.15, 0.2) is 60.8 Å². The van der Waals surface area contributed by atoms with Crippen LogP contribution in [-0.2, 0) is 11.3 Å². The van der Waals surface area contributed by atoms with Crippen molar-refractivity contribution in [2.24, 2.45) is 0 Å². The van der Waals surface area contributed by atoms with Gasteiger partial charge in [0.2, 0.25) is 0 Å². The van der Waals surface area contributed by atoms with Crippen LogP contribution in [0.5, 0.6) is 0 Å². The van der Waals surface area contributed by atoms with E-state index in [1.54, 1.807) is 12.1 Å². The monoisotopic (exact) mass is 453 g/mol. The van der Waals surface area contributed by atoms with Gasteiger partial charge in [-0.3, -0.25) is 4.79 Å². The van der Waals surface area contributed by atoms with Gasteiger partial charge in [-0.2, -0.15) is 0 Å². The Kier molecular flexibility index (Phi) is 8.62. The third kappa shape index (κ3) is 5.85. The van der Waals surface area contributed by atoms with Gasteiger partial charge in [0, 0.05) is 54.8 Å². The number of benzene rings is 2. The summed E-state index contributed by atoms with van der Waals surface area (Å²) >= 11 is 6.55. The van der Waals surface area contributed by atoms with Crippen LogP contribution in [0.25, 0.3) is 11.1 Å². The number of aliphatic hydroxyl groups excluding tert-OH is 1. The van der Waals surface area contributed by atoms with E-state index in [0.717, 1.165) is 55.4 Å². The molecule has 0 unspecified atom stereocenters. The van der Waals surface area contributed by atoms with E-state index in [9.17, 15) is 4.79 Å². The van der Waals surface area contributed by atoms with Crippen LogP contribution in [0, 0.1) is 0 Å². The zero-order chi connectivity index (χ0) is 22.9. The summed E-state index contributed by atoms with van der Waals surface area (Å²) < 4.78 is 5.46. The number of nitrogens with one attached hydrogen (secondary N) is 1. The van der Waals surface area contributed by atoms with Crippen molar-refractivity contribution >= 4 is 23.3 Å². The Hall–Kier alpha value is -2.93. The number of rotatable bonds is 5. The highest BCUT2D eigenvalue weighted by molar-refractivity contribution is 6.33. The van der Waals surface area contributed by atoms with Gasteiger partial charge in [0.1, 0.15) is 5.82 Å². The summed E-state index contributed by atoms with van der Waals surface area (Å²) in [5, 5.41) is 10.4. The number of anilines is 1. The lowest BCUT2D eigenvalue weighted by Crippen LogP contribution is -2.22. The first-order valence-corrected chi connectivity index (χ1v) is 10.9. The molecule has 0 aliphatic carbocycles. The normalized spacial score (nSPS) is 13.7. The molecule has 168 valence electrons. The molecule has 1 saturated heterocycles. The molecule has 1 amide bonds. The maximum absolute atomic E-state index is 12.5. The molecule has 0 radical (unpaired) electrons. The van der Waals surface area contributed by atoms with E-state index in [0.29, 0.717) is 28.9 Å². The van der Waals surface area contributed by atoms with Gasteiger partial charge in [0.15, 0.2) is 0 Å². The van der Waals surface area contributed by atoms with Crippen molar-refractivity contribution in [3.05, 3.63) is 82.5 Å². The molecule has 6 nitrogen and oxygen atoms in total. The standard InChI is InChI=1S/C24H24ClN3O2.CH4O/c25-22-13-18(24(29)28-14-16-4-2-1-3-5-16)6-7-20(22)21-12-19(15-27-23(21)26)17-8-10-30-11-9-17;1-2/h1-7,12-13,15,17H,8-11,14H2,(H2,26,27)(H,28,29);2H,1H3. The van der Waals surface area contributed by atoms with E-state index < -0.39 is 0 Å². The molecule has 1 fully saturated rings. The number of ether oxygens (including phenoxy) is 1. The lowest BCUT2D eigenvalue weighted by atomic mass is 9.91. The number of amides is 1. The number of hydrogen-bond acceptors (Lipinski definition) is 5. The van der Waals surface area contributed by atoms with Gasteiger partial charge < -0.3 is 20.9 Å². The number of nitrogen functional groups attached to an aromatic ring is 1. The highest BCUT2D eigenvalue weighted by Gasteiger charge is 2.19. The first-order valence-electron chi connectivity index (χ1n) is 10.5. The second kappa shape index (κ2) is 11.6. The second-order valence-corrected chi connectivity index (χ2v) is 7.86. The predicted molar refractivity (Wildman–Crippen MR) is 128 cm³/mol. The zero-order valence-corrected chi connectivity index (χ0v) is 18.8. The van der Waals surface area contributed by atoms with Crippen molar-refractivity contribution in [3.63, 3.8) is 0 Å². The molecule has 4 rings (SSSR count). The van der Waals surface area contributed by atoms with Gasteiger partial charge in [0.25, 0.3) is 5.91 Å². The fraction of sp³-hybridized carbons (Fsp3) is 0.280. The van der Waals surface area contributed by atoms with Gasteiger partial charge >= 0.3 is 0 Å². The molecule has 0 spiro atoms. The minimum Gasteiger partial charge on any atom is -0.400 e. The maximum atomic E-state index is 12.5. The first-order chi connectivity index (χ1) is 15.6. The minimum atomic E-state index is -0.172. The van der Waals surface area contributed by atoms with Crippen molar-refractivity contribution in [3.8, 4) is 11.1 Å². The number of pyridine rings is 1. The summed E-state index contributed by atoms with van der Waals surface area (Å²) in [4.78, 5) is 16.9. The molecule has 1 aliphatic rings. The topological polar surface area (TPSA) is 97.5 Å². The number of nitrogens with zero attached hydrogens (tertiary/aromatic N) is 1. The number of carbonyl (C=O) groups is 1. The largest absolute Gasteiger partial charge is 0.400 e. The van der Waals surface area contributed by atoms with Crippen molar-refractivity contribution in [1.29, 1.82) is 0 Å². The number of hydrogen-bond donors (Lipinski definition) is 3. The Labute approximate surface area is 193 Å². The fourth-order valence-corrected chi connectivity index (χ4v) is 4.00. The first kappa shape index (κ1) is 23.7. The predicted octanol–water partition coefficient (Wildman–Crippen LogP) is 4.42. The van der Waals surface area contributed by atoms with E-state index in [4.69, 9.17) is 27.2 Å². The smallest absolute Gasteiger partial charge is 0.251 e. The van der Waals surface area contributed by atoms with Gasteiger partial charge in [-0.25, -0.2) is 4.98 Å². The van der Waals surface area contributed by atoms with E-state index in [2.05, 4.69) is 16.4 Å². The second-order valence-electron chi connectivity index (χ2n) is 7.45. The van der Waals surface area contributed by atoms with Crippen LogP contribution < -0.4 is 11.1 Å². The number of aromatic nitrogens is 1. The highest BCUT2D eigenvalue weighted by Crippen LogP contribution is 2.35. The van der Waals surface area contributed by atoms with Gasteiger partial charge in [-0.05, 0) is 48.1 Å². The SMILES string of the molecule is CO.Nc1ncc(C2CCOCC2)cc1-c1ccc(C(=O)NCc2ccccc2)cc1Cl. The van der Waals surface area contributed by atoms with E-state index in [1.807, 2.05) is 42.6 Å².